The molecule has 0 spiro atoms. The maximum absolute atomic E-state index is 5.65. The number of aryl methyl sites for hydroxylation is 1. The molecule has 0 aliphatic carbocycles. The predicted molar refractivity (Wildman–Crippen MR) is 75.3 cm³/mol. The Bertz CT molecular complexity index is 395. The molecule has 1 aromatic carbocycles. The quantitative estimate of drug-likeness (QED) is 0.879. The minimum atomic E-state index is 0.472. The highest BCUT2D eigenvalue weighted by molar-refractivity contribution is 9.10. The zero-order chi connectivity index (χ0) is 11.7. The van der Waals surface area contributed by atoms with Crippen LogP contribution in [0.2, 0.25) is 0 Å². The van der Waals surface area contributed by atoms with Crippen molar-refractivity contribution in [1.29, 1.82) is 0 Å². The Balaban J connectivity index is 2.31. The van der Waals surface area contributed by atoms with E-state index in [1.165, 1.54) is 16.1 Å². The van der Waals surface area contributed by atoms with Gasteiger partial charge in [0.2, 0.25) is 0 Å². The maximum Gasteiger partial charge on any atom is 0.0625 e. The second-order valence-corrected chi connectivity index (χ2v) is 6.42. The summed E-state index contributed by atoms with van der Waals surface area (Å²) in [6, 6.07) is 4.87. The van der Waals surface area contributed by atoms with Gasteiger partial charge in [0.15, 0.2) is 0 Å². The molecule has 0 radical (unpaired) electrons. The van der Waals surface area contributed by atoms with E-state index in [-0.39, 0.29) is 0 Å². The fraction of sp³-hybridized carbons (Fsp3) is 0.500. The van der Waals surface area contributed by atoms with Gasteiger partial charge < -0.3 is 11.1 Å². The first-order chi connectivity index (χ1) is 7.61. The van der Waals surface area contributed by atoms with Crippen LogP contribution in [0.15, 0.2) is 21.5 Å². The molecule has 2 nitrogen and oxygen atoms in total. The summed E-state index contributed by atoms with van der Waals surface area (Å²) in [5.74, 6) is 0. The molecule has 0 fully saturated rings. The lowest BCUT2D eigenvalue weighted by Crippen LogP contribution is -2.33. The number of nitrogens with two attached hydrogens (primary N) is 1. The zero-order valence-corrected chi connectivity index (χ0v) is 12.0. The SMILES string of the molecule is Cc1cc(Br)c2c(c1)SC(CCN)C(C)N2. The van der Waals surface area contributed by atoms with E-state index >= 15 is 0 Å². The third-order valence-electron chi connectivity index (χ3n) is 2.86. The van der Waals surface area contributed by atoms with Gasteiger partial charge in [0.05, 0.1) is 5.69 Å². The molecule has 1 aromatic rings. The molecule has 0 bridgehead atoms. The number of anilines is 1. The van der Waals surface area contributed by atoms with Crippen LogP contribution in [0.25, 0.3) is 0 Å². The topological polar surface area (TPSA) is 38.0 Å². The molecular weight excluding hydrogens is 284 g/mol. The molecule has 0 saturated carbocycles. The van der Waals surface area contributed by atoms with Crippen molar-refractivity contribution in [3.05, 3.63) is 22.2 Å². The number of hydrogen-bond acceptors (Lipinski definition) is 3. The van der Waals surface area contributed by atoms with Crippen LogP contribution in [0.1, 0.15) is 18.9 Å². The van der Waals surface area contributed by atoms with E-state index in [1.54, 1.807) is 0 Å². The number of rotatable bonds is 2. The Morgan fingerprint density at radius 1 is 1.50 bits per heavy atom. The summed E-state index contributed by atoms with van der Waals surface area (Å²) in [7, 11) is 0. The van der Waals surface area contributed by atoms with Crippen LogP contribution in [0, 0.1) is 6.92 Å². The van der Waals surface area contributed by atoms with Gasteiger partial charge in [-0.2, -0.15) is 0 Å². The summed E-state index contributed by atoms with van der Waals surface area (Å²) in [4.78, 5) is 1.34. The molecule has 16 heavy (non-hydrogen) atoms. The summed E-state index contributed by atoms with van der Waals surface area (Å²) in [5.41, 5.74) is 8.18. The molecule has 1 aliphatic heterocycles. The van der Waals surface area contributed by atoms with E-state index in [2.05, 4.69) is 47.2 Å². The lowest BCUT2D eigenvalue weighted by molar-refractivity contribution is 0.671. The van der Waals surface area contributed by atoms with Crippen molar-refractivity contribution in [3.63, 3.8) is 0 Å². The van der Waals surface area contributed by atoms with Gasteiger partial charge in [0, 0.05) is 20.7 Å². The van der Waals surface area contributed by atoms with Crippen molar-refractivity contribution in [2.45, 2.75) is 36.5 Å². The summed E-state index contributed by atoms with van der Waals surface area (Å²) < 4.78 is 1.16. The largest absolute Gasteiger partial charge is 0.380 e. The summed E-state index contributed by atoms with van der Waals surface area (Å²) in [6.45, 7) is 5.11. The highest BCUT2D eigenvalue weighted by atomic mass is 79.9. The average Bonchev–Trinajstić information content (AvgIpc) is 2.21. The van der Waals surface area contributed by atoms with Gasteiger partial charge in [-0.3, -0.25) is 0 Å². The van der Waals surface area contributed by atoms with Gasteiger partial charge in [0.25, 0.3) is 0 Å². The molecular formula is C12H17BrN2S. The number of benzene rings is 1. The van der Waals surface area contributed by atoms with E-state index in [1.807, 2.05) is 11.8 Å². The van der Waals surface area contributed by atoms with Gasteiger partial charge >= 0.3 is 0 Å². The van der Waals surface area contributed by atoms with Crippen molar-refractivity contribution in [2.24, 2.45) is 5.73 Å². The second-order valence-electron chi connectivity index (χ2n) is 4.29. The van der Waals surface area contributed by atoms with Crippen LogP contribution in [0.3, 0.4) is 0 Å². The first-order valence-corrected chi connectivity index (χ1v) is 7.22. The molecule has 0 amide bonds. The van der Waals surface area contributed by atoms with Crippen LogP contribution in [0.4, 0.5) is 5.69 Å². The number of thioether (sulfide) groups is 1. The van der Waals surface area contributed by atoms with Gasteiger partial charge in [-0.1, -0.05) is 0 Å². The average molecular weight is 301 g/mol. The third kappa shape index (κ3) is 2.39. The molecule has 0 aromatic heterocycles. The van der Waals surface area contributed by atoms with Crippen molar-refractivity contribution >= 4 is 33.4 Å². The Labute approximate surface area is 109 Å². The van der Waals surface area contributed by atoms with Crippen LogP contribution >= 0.6 is 27.7 Å². The Morgan fingerprint density at radius 2 is 2.25 bits per heavy atom. The van der Waals surface area contributed by atoms with Crippen molar-refractivity contribution in [1.82, 2.24) is 0 Å². The van der Waals surface area contributed by atoms with E-state index in [0.717, 1.165) is 17.4 Å². The molecule has 1 aliphatic rings. The highest BCUT2D eigenvalue weighted by Gasteiger charge is 2.26. The molecule has 0 saturated heterocycles. The minimum absolute atomic E-state index is 0.472. The number of hydrogen-bond donors (Lipinski definition) is 2. The smallest absolute Gasteiger partial charge is 0.0625 e. The lowest BCUT2D eigenvalue weighted by atomic mass is 10.1. The van der Waals surface area contributed by atoms with Crippen LogP contribution in [0.5, 0.6) is 0 Å². The van der Waals surface area contributed by atoms with E-state index in [4.69, 9.17) is 5.73 Å². The van der Waals surface area contributed by atoms with Crippen molar-refractivity contribution < 1.29 is 0 Å². The maximum atomic E-state index is 5.65. The summed E-state index contributed by atoms with van der Waals surface area (Å²) >= 11 is 5.56. The molecule has 2 unspecified atom stereocenters. The molecule has 3 N–H and O–H groups in total. The molecule has 4 heteroatoms. The van der Waals surface area contributed by atoms with E-state index in [0.29, 0.717) is 11.3 Å². The first-order valence-electron chi connectivity index (χ1n) is 5.55. The van der Waals surface area contributed by atoms with Crippen LogP contribution < -0.4 is 11.1 Å². The first kappa shape index (κ1) is 12.3. The Hall–Kier alpha value is -0.190. The standard InChI is InChI=1S/C12H17BrN2S/c1-7-5-9(13)12-11(6-7)16-10(3-4-14)8(2)15-12/h5-6,8,10,15H,3-4,14H2,1-2H3. The molecule has 88 valence electrons. The van der Waals surface area contributed by atoms with Gasteiger partial charge in [-0.15, -0.1) is 11.8 Å². The van der Waals surface area contributed by atoms with Gasteiger partial charge in [-0.25, -0.2) is 0 Å². The predicted octanol–water partition coefficient (Wildman–Crippen LogP) is 3.38. The number of fused-ring (bicyclic) bond motifs is 1. The Kier molecular flexibility index (Phi) is 3.82. The molecule has 2 atom stereocenters. The van der Waals surface area contributed by atoms with Crippen molar-refractivity contribution in [2.75, 3.05) is 11.9 Å². The van der Waals surface area contributed by atoms with Gasteiger partial charge in [0.1, 0.15) is 0 Å². The normalized spacial score (nSPS) is 23.8. The van der Waals surface area contributed by atoms with Gasteiger partial charge in [-0.05, 0) is 60.4 Å². The lowest BCUT2D eigenvalue weighted by Gasteiger charge is -2.32. The monoisotopic (exact) mass is 300 g/mol. The van der Waals surface area contributed by atoms with Crippen LogP contribution in [-0.2, 0) is 0 Å². The van der Waals surface area contributed by atoms with Crippen molar-refractivity contribution in [3.8, 4) is 0 Å². The summed E-state index contributed by atoms with van der Waals surface area (Å²) in [5, 5.41) is 4.14. The molecule has 2 rings (SSSR count). The van der Waals surface area contributed by atoms with E-state index < -0.39 is 0 Å². The Morgan fingerprint density at radius 3 is 2.94 bits per heavy atom. The van der Waals surface area contributed by atoms with E-state index in [9.17, 15) is 0 Å². The third-order valence-corrected chi connectivity index (χ3v) is 5.01. The summed E-state index contributed by atoms with van der Waals surface area (Å²) in [6.07, 6.45) is 1.06. The number of halogens is 1. The zero-order valence-electron chi connectivity index (χ0n) is 9.59. The highest BCUT2D eigenvalue weighted by Crippen LogP contribution is 2.43. The number of nitrogens with one attached hydrogen (secondary N) is 1. The van der Waals surface area contributed by atoms with Crippen LogP contribution in [-0.4, -0.2) is 17.8 Å². The molecule has 1 heterocycles. The fourth-order valence-electron chi connectivity index (χ4n) is 2.00. The fourth-order valence-corrected chi connectivity index (χ4v) is 4.22. The minimum Gasteiger partial charge on any atom is -0.380 e. The second kappa shape index (κ2) is 4.98.